The van der Waals surface area contributed by atoms with E-state index >= 15 is 0 Å². The molecule has 2 fully saturated rings. The fraction of sp³-hybridized carbons (Fsp3) is 0.273. The smallest absolute Gasteiger partial charge is 0.293 e. The van der Waals surface area contributed by atoms with Crippen molar-refractivity contribution in [2.24, 2.45) is 0 Å². The summed E-state index contributed by atoms with van der Waals surface area (Å²) in [5.41, 5.74) is 4.30. The van der Waals surface area contributed by atoms with E-state index in [0.29, 0.717) is 11.4 Å². The second-order valence-electron chi connectivity index (χ2n) is 7.13. The number of imide groups is 1. The number of hydrogen-bond acceptors (Lipinski definition) is 4. The molecule has 2 aromatic carbocycles. The molecule has 2 amide bonds. The Morgan fingerprint density at radius 1 is 1.07 bits per heavy atom. The standard InChI is InChI=1S/C22H21IN2O2S/c1-15-12-19(24-10-2-3-11-24)9-6-17(15)13-20-21(26)25(22(27)28-20)14-16-4-7-18(23)8-5-16/h4-9,12-13H,2-3,10-11,14H2,1H3/b20-13+. The lowest BCUT2D eigenvalue weighted by Crippen LogP contribution is -2.27. The van der Waals surface area contributed by atoms with Crippen molar-refractivity contribution in [1.29, 1.82) is 0 Å². The second kappa shape index (κ2) is 8.29. The number of amides is 2. The van der Waals surface area contributed by atoms with Gasteiger partial charge in [-0.1, -0.05) is 18.2 Å². The molecule has 0 aromatic heterocycles. The molecule has 2 aromatic rings. The minimum atomic E-state index is -0.212. The number of hydrogen-bond donors (Lipinski definition) is 0. The van der Waals surface area contributed by atoms with Gasteiger partial charge in [0, 0.05) is 22.3 Å². The van der Waals surface area contributed by atoms with Crippen molar-refractivity contribution >= 4 is 57.3 Å². The Balaban J connectivity index is 1.52. The molecule has 0 N–H and O–H groups in total. The number of carbonyl (C=O) groups excluding carboxylic acids is 2. The monoisotopic (exact) mass is 504 g/mol. The highest BCUT2D eigenvalue weighted by molar-refractivity contribution is 14.1. The molecule has 0 atom stereocenters. The van der Waals surface area contributed by atoms with Crippen LogP contribution in [0, 0.1) is 10.5 Å². The van der Waals surface area contributed by atoms with Crippen LogP contribution >= 0.6 is 34.4 Å². The molecule has 4 nitrogen and oxygen atoms in total. The van der Waals surface area contributed by atoms with Crippen LogP contribution in [-0.2, 0) is 11.3 Å². The summed E-state index contributed by atoms with van der Waals surface area (Å²) >= 11 is 3.26. The highest BCUT2D eigenvalue weighted by Gasteiger charge is 2.35. The first kappa shape index (κ1) is 19.5. The number of anilines is 1. The zero-order valence-corrected chi connectivity index (χ0v) is 18.6. The van der Waals surface area contributed by atoms with Crippen LogP contribution < -0.4 is 4.90 Å². The fourth-order valence-electron chi connectivity index (χ4n) is 3.54. The van der Waals surface area contributed by atoms with Gasteiger partial charge in [0.15, 0.2) is 0 Å². The van der Waals surface area contributed by atoms with Crippen molar-refractivity contribution in [1.82, 2.24) is 4.90 Å². The maximum Gasteiger partial charge on any atom is 0.293 e. The summed E-state index contributed by atoms with van der Waals surface area (Å²) in [6.07, 6.45) is 4.34. The van der Waals surface area contributed by atoms with Gasteiger partial charge in [0.2, 0.25) is 0 Å². The summed E-state index contributed by atoms with van der Waals surface area (Å²) in [7, 11) is 0. The van der Waals surface area contributed by atoms with Gasteiger partial charge in [-0.3, -0.25) is 14.5 Å². The molecule has 4 rings (SSSR count). The molecule has 144 valence electrons. The molecule has 2 aliphatic rings. The van der Waals surface area contributed by atoms with Gasteiger partial charge in [-0.25, -0.2) is 0 Å². The number of nitrogens with zero attached hydrogens (tertiary/aromatic N) is 2. The highest BCUT2D eigenvalue weighted by Crippen LogP contribution is 2.34. The summed E-state index contributed by atoms with van der Waals surface area (Å²) in [6, 6.07) is 14.2. The van der Waals surface area contributed by atoms with Gasteiger partial charge in [0.05, 0.1) is 11.4 Å². The lowest BCUT2D eigenvalue weighted by molar-refractivity contribution is -0.123. The molecule has 2 saturated heterocycles. The topological polar surface area (TPSA) is 40.6 Å². The molecular formula is C22H21IN2O2S. The quantitative estimate of drug-likeness (QED) is 0.411. The third-order valence-corrected chi connectivity index (χ3v) is 6.77. The van der Waals surface area contributed by atoms with Crippen LogP contribution in [0.5, 0.6) is 0 Å². The second-order valence-corrected chi connectivity index (χ2v) is 9.37. The maximum absolute atomic E-state index is 12.8. The van der Waals surface area contributed by atoms with E-state index in [9.17, 15) is 9.59 Å². The van der Waals surface area contributed by atoms with Crippen molar-refractivity contribution in [2.45, 2.75) is 26.3 Å². The van der Waals surface area contributed by atoms with Crippen molar-refractivity contribution < 1.29 is 9.59 Å². The first-order valence-corrected chi connectivity index (χ1v) is 11.3. The number of thioether (sulfide) groups is 1. The Kier molecular flexibility index (Phi) is 5.78. The largest absolute Gasteiger partial charge is 0.372 e. The zero-order valence-electron chi connectivity index (χ0n) is 15.7. The minimum absolute atomic E-state index is 0.207. The van der Waals surface area contributed by atoms with E-state index in [-0.39, 0.29) is 11.1 Å². The zero-order chi connectivity index (χ0) is 19.7. The van der Waals surface area contributed by atoms with Crippen LogP contribution in [0.3, 0.4) is 0 Å². The van der Waals surface area contributed by atoms with E-state index < -0.39 is 0 Å². The predicted octanol–water partition coefficient (Wildman–Crippen LogP) is 5.44. The van der Waals surface area contributed by atoms with Gasteiger partial charge in [0.1, 0.15) is 0 Å². The number of aryl methyl sites for hydroxylation is 1. The van der Waals surface area contributed by atoms with Gasteiger partial charge >= 0.3 is 0 Å². The van der Waals surface area contributed by atoms with E-state index in [2.05, 4.69) is 52.6 Å². The number of halogens is 1. The van der Waals surface area contributed by atoms with E-state index in [1.54, 1.807) is 0 Å². The van der Waals surface area contributed by atoms with Crippen LogP contribution in [0.25, 0.3) is 6.08 Å². The molecule has 0 saturated carbocycles. The SMILES string of the molecule is Cc1cc(N2CCCC2)ccc1/C=C1/SC(=O)N(Cc2ccc(I)cc2)C1=O. The molecule has 6 heteroatoms. The van der Waals surface area contributed by atoms with Crippen molar-refractivity contribution in [3.05, 3.63) is 67.6 Å². The third-order valence-electron chi connectivity index (χ3n) is 5.14. The van der Waals surface area contributed by atoms with E-state index in [1.165, 1.54) is 23.4 Å². The summed E-state index contributed by atoms with van der Waals surface area (Å²) in [5, 5.41) is -0.207. The lowest BCUT2D eigenvalue weighted by Gasteiger charge is -2.18. The molecule has 0 radical (unpaired) electrons. The van der Waals surface area contributed by atoms with Gasteiger partial charge in [-0.05, 0) is 101 Å². The minimum Gasteiger partial charge on any atom is -0.372 e. The Labute approximate surface area is 183 Å². The molecule has 2 aliphatic heterocycles. The normalized spacial score (nSPS) is 18.6. The lowest BCUT2D eigenvalue weighted by atomic mass is 10.1. The highest BCUT2D eigenvalue weighted by atomic mass is 127. The van der Waals surface area contributed by atoms with E-state index in [0.717, 1.165) is 45.1 Å². The van der Waals surface area contributed by atoms with Crippen LogP contribution in [0.2, 0.25) is 0 Å². The van der Waals surface area contributed by atoms with Crippen LogP contribution in [0.15, 0.2) is 47.4 Å². The van der Waals surface area contributed by atoms with Gasteiger partial charge in [-0.2, -0.15) is 0 Å². The molecule has 0 unspecified atom stereocenters. The number of carbonyl (C=O) groups is 2. The van der Waals surface area contributed by atoms with Gasteiger partial charge < -0.3 is 4.90 Å². The third kappa shape index (κ3) is 4.12. The molecule has 2 heterocycles. The first-order chi connectivity index (χ1) is 13.5. The predicted molar refractivity (Wildman–Crippen MR) is 123 cm³/mol. The van der Waals surface area contributed by atoms with E-state index in [4.69, 9.17) is 0 Å². The number of rotatable bonds is 4. The Hall–Kier alpha value is -1.80. The van der Waals surface area contributed by atoms with E-state index in [1.807, 2.05) is 30.3 Å². The first-order valence-electron chi connectivity index (χ1n) is 9.37. The van der Waals surface area contributed by atoms with Crippen molar-refractivity contribution in [3.8, 4) is 0 Å². The molecule has 0 aliphatic carbocycles. The number of benzene rings is 2. The van der Waals surface area contributed by atoms with Crippen molar-refractivity contribution in [3.63, 3.8) is 0 Å². The fourth-order valence-corrected chi connectivity index (χ4v) is 4.73. The molecule has 0 spiro atoms. The van der Waals surface area contributed by atoms with Crippen molar-refractivity contribution in [2.75, 3.05) is 18.0 Å². The summed E-state index contributed by atoms with van der Waals surface area (Å²) in [6.45, 7) is 4.58. The van der Waals surface area contributed by atoms with Crippen LogP contribution in [0.1, 0.15) is 29.5 Å². The summed E-state index contributed by atoms with van der Waals surface area (Å²) < 4.78 is 1.13. The average molecular weight is 504 g/mol. The summed E-state index contributed by atoms with van der Waals surface area (Å²) in [5.74, 6) is -0.212. The Morgan fingerprint density at radius 2 is 1.79 bits per heavy atom. The summed E-state index contributed by atoms with van der Waals surface area (Å²) in [4.78, 5) is 29.4. The molecular weight excluding hydrogens is 483 g/mol. The van der Waals surface area contributed by atoms with Crippen LogP contribution in [0.4, 0.5) is 10.5 Å². The van der Waals surface area contributed by atoms with Gasteiger partial charge in [0.25, 0.3) is 11.1 Å². The molecule has 28 heavy (non-hydrogen) atoms. The Morgan fingerprint density at radius 3 is 2.46 bits per heavy atom. The van der Waals surface area contributed by atoms with Gasteiger partial charge in [-0.15, -0.1) is 0 Å². The molecule has 0 bridgehead atoms. The maximum atomic E-state index is 12.8. The Bertz CT molecular complexity index is 950. The average Bonchev–Trinajstić information content (AvgIpc) is 3.30. The van der Waals surface area contributed by atoms with Crippen LogP contribution in [-0.4, -0.2) is 29.1 Å².